The zero-order valence-electron chi connectivity index (χ0n) is 18.3. The molecule has 2 unspecified atom stereocenters. The van der Waals surface area contributed by atoms with Gasteiger partial charge in [-0.1, -0.05) is 36.4 Å². The Bertz CT molecular complexity index is 928. The Morgan fingerprint density at radius 2 is 2.00 bits per heavy atom. The second kappa shape index (κ2) is 10.2. The Balaban J connectivity index is 1.54. The number of nitrogens with one attached hydrogen (secondary N) is 1. The molecule has 2 aromatic rings. The van der Waals surface area contributed by atoms with E-state index in [-0.39, 0.29) is 5.92 Å². The monoisotopic (exact) mass is 444 g/mol. The lowest BCUT2D eigenvalue weighted by Crippen LogP contribution is -2.39. The van der Waals surface area contributed by atoms with Crippen LogP contribution in [-0.2, 0) is 30.5 Å². The average Bonchev–Trinajstić information content (AvgIpc) is 3.03. The third kappa shape index (κ3) is 5.59. The maximum atomic E-state index is 13.1. The van der Waals surface area contributed by atoms with Crippen molar-refractivity contribution in [3.8, 4) is 0 Å². The minimum atomic E-state index is -4.32. The molecule has 0 aliphatic carbocycles. The highest BCUT2D eigenvalue weighted by Crippen LogP contribution is 2.37. The molecule has 32 heavy (non-hydrogen) atoms. The van der Waals surface area contributed by atoms with Crippen LogP contribution >= 0.6 is 0 Å². The van der Waals surface area contributed by atoms with Gasteiger partial charge >= 0.3 is 6.18 Å². The van der Waals surface area contributed by atoms with Crippen molar-refractivity contribution in [2.75, 3.05) is 19.6 Å². The van der Waals surface area contributed by atoms with Gasteiger partial charge in [-0.25, -0.2) is 0 Å². The summed E-state index contributed by atoms with van der Waals surface area (Å²) < 4.78 is 39.4. The first-order chi connectivity index (χ1) is 15.4. The van der Waals surface area contributed by atoms with Gasteiger partial charge in [0.05, 0.1) is 5.56 Å². The highest BCUT2D eigenvalue weighted by molar-refractivity contribution is 5.49. The zero-order chi connectivity index (χ0) is 22.6. The van der Waals surface area contributed by atoms with E-state index < -0.39 is 11.7 Å². The smallest absolute Gasteiger partial charge is 0.313 e. The lowest BCUT2D eigenvalue weighted by atomic mass is 9.77. The van der Waals surface area contributed by atoms with Crippen LogP contribution in [0, 0.1) is 5.92 Å². The van der Waals surface area contributed by atoms with Gasteiger partial charge in [0.1, 0.15) is 6.29 Å². The molecule has 2 aliphatic heterocycles. The van der Waals surface area contributed by atoms with E-state index in [0.29, 0.717) is 24.4 Å². The first kappa shape index (κ1) is 23.0. The van der Waals surface area contributed by atoms with E-state index >= 15 is 0 Å². The minimum Gasteiger partial charge on any atom is -0.313 e. The number of aryl methyl sites for hydroxylation is 1. The number of aldehydes is 1. The van der Waals surface area contributed by atoms with Crippen LogP contribution in [0.15, 0.2) is 42.5 Å². The number of hydrogen-bond donors (Lipinski definition) is 1. The van der Waals surface area contributed by atoms with Crippen molar-refractivity contribution in [3.63, 3.8) is 0 Å². The molecular formula is C26H31F3N2O. The Morgan fingerprint density at radius 3 is 2.81 bits per heavy atom. The predicted molar refractivity (Wildman–Crippen MR) is 119 cm³/mol. The fourth-order valence-corrected chi connectivity index (χ4v) is 5.23. The molecule has 0 spiro atoms. The molecule has 2 aromatic carbocycles. The summed E-state index contributed by atoms with van der Waals surface area (Å²) in [4.78, 5) is 13.3. The number of nitrogens with zero attached hydrogens (tertiary/aromatic N) is 1. The number of alkyl halides is 3. The summed E-state index contributed by atoms with van der Waals surface area (Å²) in [7, 11) is 0. The van der Waals surface area contributed by atoms with Crippen molar-refractivity contribution >= 4 is 6.29 Å². The molecule has 6 heteroatoms. The van der Waals surface area contributed by atoms with Gasteiger partial charge < -0.3 is 10.1 Å². The standard InChI is InChI=1S/C26H31F3N2O/c27-26(28,29)24-7-1-4-19(14-24)17-31-12-10-21(6-3-13-32)25(18-31)22-9-8-20-5-2-11-30-16-23(20)15-22/h1,4,7-9,13-15,21,25,30H,2-3,5-6,10-12,16-18H2. The first-order valence-corrected chi connectivity index (χ1v) is 11.6. The van der Waals surface area contributed by atoms with E-state index in [2.05, 4.69) is 28.4 Å². The molecule has 172 valence electrons. The van der Waals surface area contributed by atoms with Crippen molar-refractivity contribution in [1.82, 2.24) is 10.2 Å². The van der Waals surface area contributed by atoms with Crippen LogP contribution in [0.3, 0.4) is 0 Å². The van der Waals surface area contributed by atoms with Crippen molar-refractivity contribution < 1.29 is 18.0 Å². The fourth-order valence-electron chi connectivity index (χ4n) is 5.23. The second-order valence-electron chi connectivity index (χ2n) is 9.14. The third-order valence-corrected chi connectivity index (χ3v) is 6.93. The van der Waals surface area contributed by atoms with E-state index in [1.54, 1.807) is 6.07 Å². The molecule has 1 saturated heterocycles. The number of carbonyl (C=O) groups is 1. The van der Waals surface area contributed by atoms with Gasteiger partial charge in [0.25, 0.3) is 0 Å². The molecule has 2 atom stereocenters. The van der Waals surface area contributed by atoms with E-state index in [1.807, 2.05) is 0 Å². The number of hydrogen-bond acceptors (Lipinski definition) is 3. The van der Waals surface area contributed by atoms with Crippen molar-refractivity contribution in [2.24, 2.45) is 5.92 Å². The summed E-state index contributed by atoms with van der Waals surface area (Å²) in [6.07, 6.45) is 1.27. The van der Waals surface area contributed by atoms with E-state index in [4.69, 9.17) is 0 Å². The zero-order valence-corrected chi connectivity index (χ0v) is 18.3. The van der Waals surface area contributed by atoms with Gasteiger partial charge in [-0.2, -0.15) is 13.2 Å². The number of carbonyl (C=O) groups excluding carboxylic acids is 1. The van der Waals surface area contributed by atoms with Crippen molar-refractivity contribution in [3.05, 3.63) is 70.3 Å². The highest BCUT2D eigenvalue weighted by atomic mass is 19.4. The van der Waals surface area contributed by atoms with Gasteiger partial charge in [-0.15, -0.1) is 0 Å². The van der Waals surface area contributed by atoms with Crippen molar-refractivity contribution in [1.29, 1.82) is 0 Å². The Morgan fingerprint density at radius 1 is 1.12 bits per heavy atom. The van der Waals surface area contributed by atoms with E-state index in [9.17, 15) is 18.0 Å². The van der Waals surface area contributed by atoms with E-state index in [0.717, 1.165) is 64.2 Å². The summed E-state index contributed by atoms with van der Waals surface area (Å²) in [5.41, 5.74) is 4.14. The molecule has 0 amide bonds. The quantitative estimate of drug-likeness (QED) is 0.612. The van der Waals surface area contributed by atoms with Crippen molar-refractivity contribution in [2.45, 2.75) is 57.3 Å². The fraction of sp³-hybridized carbons (Fsp3) is 0.500. The summed E-state index contributed by atoms with van der Waals surface area (Å²) in [5, 5.41) is 3.49. The third-order valence-electron chi connectivity index (χ3n) is 6.93. The summed E-state index contributed by atoms with van der Waals surface area (Å²) >= 11 is 0. The number of likely N-dealkylation sites (tertiary alicyclic amines) is 1. The predicted octanol–water partition coefficient (Wildman–Crippen LogP) is 5.33. The maximum Gasteiger partial charge on any atom is 0.416 e. The largest absolute Gasteiger partial charge is 0.416 e. The number of piperidine rings is 1. The summed E-state index contributed by atoms with van der Waals surface area (Å²) in [6, 6.07) is 12.5. The van der Waals surface area contributed by atoms with Crippen LogP contribution in [0.1, 0.15) is 59.4 Å². The number of halogens is 3. The normalized spacial score (nSPS) is 22.2. The second-order valence-corrected chi connectivity index (χ2v) is 9.14. The molecular weight excluding hydrogens is 413 g/mol. The van der Waals surface area contributed by atoms with Crippen LogP contribution in [0.2, 0.25) is 0 Å². The van der Waals surface area contributed by atoms with Crippen LogP contribution in [0.4, 0.5) is 13.2 Å². The highest BCUT2D eigenvalue weighted by Gasteiger charge is 2.32. The van der Waals surface area contributed by atoms with Gasteiger partial charge in [0.2, 0.25) is 0 Å². The SMILES string of the molecule is O=CCCC1CCN(Cc2cccc(C(F)(F)F)c2)CC1c1ccc2c(c1)CNCCC2. The van der Waals surface area contributed by atoms with Crippen LogP contribution in [0.25, 0.3) is 0 Å². The molecule has 2 heterocycles. The molecule has 0 saturated carbocycles. The molecule has 0 radical (unpaired) electrons. The molecule has 0 aromatic heterocycles. The molecule has 1 N–H and O–H groups in total. The van der Waals surface area contributed by atoms with Gasteiger partial charge in [-0.05, 0) is 78.9 Å². The number of rotatable bonds is 6. The van der Waals surface area contributed by atoms with Crippen LogP contribution < -0.4 is 5.32 Å². The van der Waals surface area contributed by atoms with Crippen LogP contribution in [0.5, 0.6) is 0 Å². The van der Waals surface area contributed by atoms with Crippen LogP contribution in [-0.4, -0.2) is 30.8 Å². The van der Waals surface area contributed by atoms with E-state index in [1.165, 1.54) is 28.8 Å². The van der Waals surface area contributed by atoms with Gasteiger partial charge in [0.15, 0.2) is 0 Å². The lowest BCUT2D eigenvalue weighted by molar-refractivity contribution is -0.137. The average molecular weight is 445 g/mol. The summed E-state index contributed by atoms with van der Waals surface area (Å²) in [5.74, 6) is 0.692. The first-order valence-electron chi connectivity index (χ1n) is 11.6. The Hall–Kier alpha value is -2.18. The molecule has 2 aliphatic rings. The molecule has 0 bridgehead atoms. The van der Waals surface area contributed by atoms with Gasteiger partial charge in [-0.3, -0.25) is 4.90 Å². The topological polar surface area (TPSA) is 32.3 Å². The number of fused-ring (bicyclic) bond motifs is 1. The number of benzene rings is 2. The molecule has 4 rings (SSSR count). The minimum absolute atomic E-state index is 0.281. The molecule has 3 nitrogen and oxygen atoms in total. The lowest BCUT2D eigenvalue weighted by Gasteiger charge is -2.39. The van der Waals surface area contributed by atoms with Gasteiger partial charge in [0, 0.05) is 26.1 Å². The Kier molecular flexibility index (Phi) is 7.31. The Labute approximate surface area is 188 Å². The maximum absolute atomic E-state index is 13.1. The molecule has 1 fully saturated rings. The summed E-state index contributed by atoms with van der Waals surface area (Å²) in [6.45, 7) is 4.05.